The molecule has 0 unspecified atom stereocenters. The molecule has 0 aliphatic heterocycles. The Labute approximate surface area is 156 Å². The van der Waals surface area contributed by atoms with Crippen molar-refractivity contribution in [1.82, 2.24) is 0 Å². The van der Waals surface area contributed by atoms with E-state index in [4.69, 9.17) is 0 Å². The van der Waals surface area contributed by atoms with Crippen molar-refractivity contribution in [2.45, 2.75) is 90.9 Å². The predicted molar refractivity (Wildman–Crippen MR) is 102 cm³/mol. The lowest BCUT2D eigenvalue weighted by molar-refractivity contribution is 0.0691. The molecule has 0 atom stereocenters. The van der Waals surface area contributed by atoms with Crippen molar-refractivity contribution >= 4 is 5.97 Å². The maximum absolute atomic E-state index is 14.6. The lowest BCUT2D eigenvalue weighted by Crippen LogP contribution is -2.10. The summed E-state index contributed by atoms with van der Waals surface area (Å²) < 4.78 is 14.6. The Balaban J connectivity index is 3.04. The van der Waals surface area contributed by atoms with Gasteiger partial charge in [-0.3, -0.25) is 0 Å². The van der Waals surface area contributed by atoms with Crippen LogP contribution in [0.3, 0.4) is 0 Å². The fourth-order valence-electron chi connectivity index (χ4n) is 3.37. The Kier molecular flexibility index (Phi) is 10.1. The summed E-state index contributed by atoms with van der Waals surface area (Å²) in [5, 5.41) is 29.3. The van der Waals surface area contributed by atoms with Gasteiger partial charge in [0.05, 0.1) is 0 Å². The molecule has 0 bridgehead atoms. The van der Waals surface area contributed by atoms with Crippen LogP contribution in [0.4, 0.5) is 4.39 Å². The second-order valence-corrected chi connectivity index (χ2v) is 6.98. The Morgan fingerprint density at radius 1 is 0.769 bits per heavy atom. The summed E-state index contributed by atoms with van der Waals surface area (Å²) in [5.41, 5.74) is 0.255. The molecule has 0 saturated heterocycles. The van der Waals surface area contributed by atoms with Crippen molar-refractivity contribution in [3.63, 3.8) is 0 Å². The number of phenolic OH excluding ortho intramolecular Hbond substituents is 1. The largest absolute Gasteiger partial charge is 0.504 e. The molecule has 0 fully saturated rings. The van der Waals surface area contributed by atoms with Gasteiger partial charge in [0, 0.05) is 0 Å². The smallest absolute Gasteiger partial charge is 0.339 e. The van der Waals surface area contributed by atoms with Gasteiger partial charge in [-0.15, -0.1) is 0 Å². The zero-order chi connectivity index (χ0) is 19.5. The van der Waals surface area contributed by atoms with Crippen LogP contribution >= 0.6 is 0 Å². The van der Waals surface area contributed by atoms with Gasteiger partial charge in [-0.2, -0.15) is 0 Å². The Bertz CT molecular complexity index is 584. The number of aromatic hydroxyl groups is 2. The van der Waals surface area contributed by atoms with Crippen molar-refractivity contribution < 1.29 is 24.5 Å². The van der Waals surface area contributed by atoms with Crippen LogP contribution in [-0.4, -0.2) is 21.3 Å². The summed E-state index contributed by atoms with van der Waals surface area (Å²) in [4.78, 5) is 11.6. The highest BCUT2D eigenvalue weighted by atomic mass is 19.1. The molecular formula is C21H33FO4. The fourth-order valence-corrected chi connectivity index (χ4v) is 3.37. The predicted octanol–water partition coefficient (Wildman–Crippen LogP) is 5.96. The van der Waals surface area contributed by atoms with Crippen LogP contribution < -0.4 is 0 Å². The van der Waals surface area contributed by atoms with Crippen LogP contribution in [0.15, 0.2) is 0 Å². The number of phenols is 2. The third kappa shape index (κ3) is 6.19. The summed E-state index contributed by atoms with van der Waals surface area (Å²) in [6.45, 7) is 4.24. The monoisotopic (exact) mass is 368 g/mol. The topological polar surface area (TPSA) is 77.8 Å². The fraction of sp³-hybridized carbons (Fsp3) is 0.667. The van der Waals surface area contributed by atoms with E-state index in [0.717, 1.165) is 64.2 Å². The minimum Gasteiger partial charge on any atom is -0.504 e. The van der Waals surface area contributed by atoms with Crippen molar-refractivity contribution in [3.8, 4) is 11.5 Å². The van der Waals surface area contributed by atoms with E-state index >= 15 is 0 Å². The molecule has 0 aliphatic rings. The first-order valence-electron chi connectivity index (χ1n) is 9.94. The lowest BCUT2D eigenvalue weighted by Gasteiger charge is -2.17. The van der Waals surface area contributed by atoms with E-state index in [1.165, 1.54) is 0 Å². The van der Waals surface area contributed by atoms with Gasteiger partial charge in [0.25, 0.3) is 0 Å². The molecule has 0 aromatic heterocycles. The molecule has 1 aromatic carbocycles. The standard InChI is InChI=1S/C21H33FO4/c1-3-5-7-9-11-13-15-16(14-12-10-8-6-4-2)18(22)20(24)19(23)17(15)21(25)26/h23-24H,3-14H2,1-2H3,(H,25,26). The second kappa shape index (κ2) is 11.8. The summed E-state index contributed by atoms with van der Waals surface area (Å²) in [6.07, 6.45) is 10.7. The van der Waals surface area contributed by atoms with Crippen molar-refractivity contribution in [2.75, 3.05) is 0 Å². The molecular weight excluding hydrogens is 335 g/mol. The minimum absolute atomic E-state index is 0.254. The average molecular weight is 368 g/mol. The third-order valence-corrected chi connectivity index (χ3v) is 4.87. The number of carbonyl (C=O) groups is 1. The number of benzene rings is 1. The van der Waals surface area contributed by atoms with Crippen LogP contribution in [0.5, 0.6) is 11.5 Å². The van der Waals surface area contributed by atoms with Gasteiger partial charge in [-0.1, -0.05) is 65.2 Å². The number of unbranched alkanes of at least 4 members (excludes halogenated alkanes) is 8. The minimum atomic E-state index is -1.33. The van der Waals surface area contributed by atoms with Crippen LogP contribution in [0.25, 0.3) is 0 Å². The average Bonchev–Trinajstić information content (AvgIpc) is 2.61. The molecule has 1 rings (SSSR count). The van der Waals surface area contributed by atoms with E-state index in [1.807, 2.05) is 0 Å². The molecule has 148 valence electrons. The number of rotatable bonds is 13. The number of hydrogen-bond acceptors (Lipinski definition) is 3. The highest BCUT2D eigenvalue weighted by Gasteiger charge is 2.27. The van der Waals surface area contributed by atoms with E-state index in [0.29, 0.717) is 18.4 Å². The van der Waals surface area contributed by atoms with Crippen LogP contribution in [0, 0.1) is 5.82 Å². The number of carboxylic acid groups (broad SMARTS) is 1. The van der Waals surface area contributed by atoms with Gasteiger partial charge in [-0.05, 0) is 36.8 Å². The first kappa shape index (κ1) is 22.3. The van der Waals surface area contributed by atoms with E-state index < -0.39 is 23.3 Å². The maximum atomic E-state index is 14.6. The lowest BCUT2D eigenvalue weighted by atomic mass is 9.90. The molecule has 3 N–H and O–H groups in total. The van der Waals surface area contributed by atoms with Gasteiger partial charge in [0.1, 0.15) is 5.56 Å². The molecule has 4 nitrogen and oxygen atoms in total. The van der Waals surface area contributed by atoms with Crippen LogP contribution in [-0.2, 0) is 12.8 Å². The third-order valence-electron chi connectivity index (χ3n) is 4.87. The van der Waals surface area contributed by atoms with Crippen LogP contribution in [0.1, 0.15) is 99.5 Å². The van der Waals surface area contributed by atoms with Gasteiger partial charge < -0.3 is 15.3 Å². The molecule has 0 spiro atoms. The molecule has 0 amide bonds. The number of carboxylic acids is 1. The summed E-state index contributed by atoms with van der Waals surface area (Å²) in [7, 11) is 0. The Hall–Kier alpha value is -1.78. The SMILES string of the molecule is CCCCCCCc1c(F)c(O)c(O)c(C(=O)O)c1CCCCCCC. The first-order chi connectivity index (χ1) is 12.5. The number of halogens is 1. The molecule has 0 aliphatic carbocycles. The Morgan fingerprint density at radius 2 is 1.23 bits per heavy atom. The zero-order valence-electron chi connectivity index (χ0n) is 16.1. The maximum Gasteiger partial charge on any atom is 0.339 e. The molecule has 1 aromatic rings. The van der Waals surface area contributed by atoms with Crippen molar-refractivity contribution in [2.24, 2.45) is 0 Å². The van der Waals surface area contributed by atoms with Crippen LogP contribution in [0.2, 0.25) is 0 Å². The van der Waals surface area contributed by atoms with Gasteiger partial charge >= 0.3 is 5.97 Å². The molecule has 26 heavy (non-hydrogen) atoms. The summed E-state index contributed by atoms with van der Waals surface area (Å²) in [6, 6.07) is 0. The van der Waals surface area contributed by atoms with E-state index in [-0.39, 0.29) is 11.1 Å². The second-order valence-electron chi connectivity index (χ2n) is 6.98. The highest BCUT2D eigenvalue weighted by molar-refractivity contribution is 5.94. The molecule has 0 saturated carbocycles. The number of hydrogen-bond donors (Lipinski definition) is 3. The van der Waals surface area contributed by atoms with Gasteiger partial charge in [-0.25, -0.2) is 9.18 Å². The van der Waals surface area contributed by atoms with E-state index in [2.05, 4.69) is 13.8 Å². The van der Waals surface area contributed by atoms with E-state index in [9.17, 15) is 24.5 Å². The van der Waals surface area contributed by atoms with E-state index in [1.54, 1.807) is 0 Å². The summed E-state index contributed by atoms with van der Waals surface area (Å²) >= 11 is 0. The normalized spacial score (nSPS) is 11.0. The Morgan fingerprint density at radius 3 is 1.69 bits per heavy atom. The molecule has 5 heteroatoms. The number of aromatic carboxylic acids is 1. The summed E-state index contributed by atoms with van der Waals surface area (Å²) in [5.74, 6) is -3.99. The van der Waals surface area contributed by atoms with Crippen molar-refractivity contribution in [3.05, 3.63) is 22.5 Å². The van der Waals surface area contributed by atoms with Crippen molar-refractivity contribution in [1.29, 1.82) is 0 Å². The molecule has 0 radical (unpaired) electrons. The van der Waals surface area contributed by atoms with Gasteiger partial charge in [0.2, 0.25) is 0 Å². The quantitative estimate of drug-likeness (QED) is 0.296. The molecule has 0 heterocycles. The zero-order valence-corrected chi connectivity index (χ0v) is 16.1. The van der Waals surface area contributed by atoms with Gasteiger partial charge in [0.15, 0.2) is 17.3 Å². The first-order valence-corrected chi connectivity index (χ1v) is 9.94. The highest BCUT2D eigenvalue weighted by Crippen LogP contribution is 2.39.